The summed E-state index contributed by atoms with van der Waals surface area (Å²) >= 11 is 0. The number of likely N-dealkylation sites (tertiary alicyclic amines) is 1. The molecule has 2 aliphatic rings. The van der Waals surface area contributed by atoms with Gasteiger partial charge in [-0.25, -0.2) is 8.78 Å². The van der Waals surface area contributed by atoms with Gasteiger partial charge in [-0.05, 0) is 18.2 Å². The molecule has 1 amide bonds. The normalized spacial score (nSPS) is 19.1. The standard InChI is InChI=1S/C26H24F2N4O5/c1-34-4-5-36-23-9-22-18(7-20(23)28)25(30-29-22)24-8-21(31-37-24)14-2-3-17(19(27)6-14)26(33)32-10-15-12-35-13-16(15)11-32/h2-3,6-9,15-16H,4-5,10-13H2,1H3,(H,29,30)/t15-,16?/m1/s1. The number of nitrogens with zero attached hydrogens (tertiary/aromatic N) is 3. The van der Waals surface area contributed by atoms with E-state index in [9.17, 15) is 9.18 Å². The molecular weight excluding hydrogens is 486 g/mol. The van der Waals surface area contributed by atoms with E-state index < -0.39 is 11.6 Å². The van der Waals surface area contributed by atoms with E-state index in [1.165, 1.54) is 31.4 Å². The lowest BCUT2D eigenvalue weighted by Crippen LogP contribution is -2.31. The molecular formula is C26H24F2N4O5. The molecule has 0 spiro atoms. The van der Waals surface area contributed by atoms with E-state index in [1.807, 2.05) is 0 Å². The van der Waals surface area contributed by atoms with Gasteiger partial charge in [-0.1, -0.05) is 11.2 Å². The molecule has 9 nitrogen and oxygen atoms in total. The summed E-state index contributed by atoms with van der Waals surface area (Å²) < 4.78 is 50.8. The van der Waals surface area contributed by atoms with E-state index in [-0.39, 0.29) is 29.6 Å². The van der Waals surface area contributed by atoms with Crippen LogP contribution < -0.4 is 4.74 Å². The van der Waals surface area contributed by atoms with Crippen molar-refractivity contribution in [3.8, 4) is 28.5 Å². The van der Waals surface area contributed by atoms with Gasteiger partial charge in [-0.2, -0.15) is 5.10 Å². The minimum Gasteiger partial charge on any atom is -0.488 e. The number of ether oxygens (including phenoxy) is 3. The quantitative estimate of drug-likeness (QED) is 0.376. The molecule has 2 aromatic heterocycles. The Morgan fingerprint density at radius 2 is 1.92 bits per heavy atom. The number of fused-ring (bicyclic) bond motifs is 2. The van der Waals surface area contributed by atoms with Crippen molar-refractivity contribution in [3.63, 3.8) is 0 Å². The van der Waals surface area contributed by atoms with Gasteiger partial charge in [0.05, 0.1) is 30.9 Å². The molecule has 1 unspecified atom stereocenters. The van der Waals surface area contributed by atoms with Crippen molar-refractivity contribution in [1.82, 2.24) is 20.3 Å². The van der Waals surface area contributed by atoms with Crippen LogP contribution in [0.15, 0.2) is 40.9 Å². The van der Waals surface area contributed by atoms with E-state index in [2.05, 4.69) is 15.4 Å². The summed E-state index contributed by atoms with van der Waals surface area (Å²) in [5.41, 5.74) is 1.72. The van der Waals surface area contributed by atoms with E-state index in [4.69, 9.17) is 18.7 Å². The number of nitrogens with one attached hydrogen (secondary N) is 1. The number of carbonyl (C=O) groups is 1. The fourth-order valence-corrected chi connectivity index (χ4v) is 4.95. The number of carbonyl (C=O) groups excluding carboxylic acids is 1. The minimum atomic E-state index is -0.631. The van der Waals surface area contributed by atoms with Crippen LogP contribution in [0.5, 0.6) is 5.75 Å². The maximum atomic E-state index is 15.0. The van der Waals surface area contributed by atoms with Crippen LogP contribution in [-0.4, -0.2) is 72.8 Å². The summed E-state index contributed by atoms with van der Waals surface area (Å²) in [6.45, 7) is 2.99. The topological polar surface area (TPSA) is 103 Å². The number of hydrogen-bond acceptors (Lipinski definition) is 7. The number of hydrogen-bond donors (Lipinski definition) is 1. The fourth-order valence-electron chi connectivity index (χ4n) is 4.95. The van der Waals surface area contributed by atoms with Crippen molar-refractivity contribution in [2.75, 3.05) is 46.6 Å². The second-order valence-corrected chi connectivity index (χ2v) is 9.28. The smallest absolute Gasteiger partial charge is 0.256 e. The van der Waals surface area contributed by atoms with E-state index in [1.54, 1.807) is 17.0 Å². The van der Waals surface area contributed by atoms with Gasteiger partial charge >= 0.3 is 0 Å². The van der Waals surface area contributed by atoms with E-state index in [0.29, 0.717) is 72.6 Å². The van der Waals surface area contributed by atoms with Gasteiger partial charge in [-0.3, -0.25) is 9.89 Å². The number of amides is 1. The average Bonchev–Trinajstić information content (AvgIpc) is 3.67. The van der Waals surface area contributed by atoms with Crippen molar-refractivity contribution in [3.05, 3.63) is 53.6 Å². The van der Waals surface area contributed by atoms with Crippen LogP contribution >= 0.6 is 0 Å². The molecule has 4 heterocycles. The first-order chi connectivity index (χ1) is 18.0. The largest absolute Gasteiger partial charge is 0.488 e. The molecule has 6 rings (SSSR count). The Morgan fingerprint density at radius 3 is 2.68 bits per heavy atom. The number of H-pyrrole nitrogens is 1. The third-order valence-corrected chi connectivity index (χ3v) is 6.93. The van der Waals surface area contributed by atoms with Crippen LogP contribution in [0.1, 0.15) is 10.4 Å². The van der Waals surface area contributed by atoms with Crippen molar-refractivity contribution >= 4 is 16.8 Å². The highest BCUT2D eigenvalue weighted by atomic mass is 19.1. The summed E-state index contributed by atoms with van der Waals surface area (Å²) in [6.07, 6.45) is 0. The Hall–Kier alpha value is -3.83. The van der Waals surface area contributed by atoms with Crippen LogP contribution in [0.4, 0.5) is 8.78 Å². The summed E-state index contributed by atoms with van der Waals surface area (Å²) in [7, 11) is 1.53. The van der Waals surface area contributed by atoms with Gasteiger partial charge in [0.15, 0.2) is 17.3 Å². The SMILES string of the molecule is COCCOc1cc2[nH]nc(-c3cc(-c4ccc(C(=O)N5CC6COC[C@H]6C5)c(F)c4)no3)c2cc1F. The molecule has 192 valence electrons. The first-order valence-corrected chi connectivity index (χ1v) is 11.9. The van der Waals surface area contributed by atoms with Crippen LogP contribution in [0.2, 0.25) is 0 Å². The van der Waals surface area contributed by atoms with Gasteiger partial charge in [0.2, 0.25) is 0 Å². The predicted molar refractivity (Wildman–Crippen MR) is 128 cm³/mol. The summed E-state index contributed by atoms with van der Waals surface area (Å²) in [5.74, 6) is -0.512. The third-order valence-electron chi connectivity index (χ3n) is 6.93. The zero-order valence-corrected chi connectivity index (χ0v) is 20.0. The summed E-state index contributed by atoms with van der Waals surface area (Å²) in [4.78, 5) is 14.6. The van der Waals surface area contributed by atoms with Gasteiger partial charge in [0, 0.05) is 55.1 Å². The Labute approximate surface area is 210 Å². The molecule has 0 bridgehead atoms. The van der Waals surface area contributed by atoms with Gasteiger partial charge in [0.1, 0.15) is 23.8 Å². The van der Waals surface area contributed by atoms with Gasteiger partial charge in [0.25, 0.3) is 5.91 Å². The molecule has 2 aliphatic heterocycles. The Morgan fingerprint density at radius 1 is 1.11 bits per heavy atom. The molecule has 2 fully saturated rings. The van der Waals surface area contributed by atoms with Gasteiger partial charge < -0.3 is 23.6 Å². The lowest BCUT2D eigenvalue weighted by molar-refractivity contribution is 0.0747. The fraction of sp³-hybridized carbons (Fsp3) is 0.346. The number of aromatic amines is 1. The zero-order chi connectivity index (χ0) is 25.5. The maximum Gasteiger partial charge on any atom is 0.256 e. The number of halogens is 2. The first-order valence-electron chi connectivity index (χ1n) is 11.9. The van der Waals surface area contributed by atoms with Crippen LogP contribution in [0.3, 0.4) is 0 Å². The second kappa shape index (κ2) is 9.56. The van der Waals surface area contributed by atoms with Crippen molar-refractivity contribution in [1.29, 1.82) is 0 Å². The van der Waals surface area contributed by atoms with Crippen LogP contribution in [-0.2, 0) is 9.47 Å². The second-order valence-electron chi connectivity index (χ2n) is 9.28. The van der Waals surface area contributed by atoms with E-state index >= 15 is 4.39 Å². The molecule has 2 saturated heterocycles. The van der Waals surface area contributed by atoms with Crippen molar-refractivity contribution in [2.45, 2.75) is 0 Å². The molecule has 37 heavy (non-hydrogen) atoms. The number of methoxy groups -OCH3 is 1. The maximum absolute atomic E-state index is 15.0. The lowest BCUT2D eigenvalue weighted by atomic mass is 10.0. The molecule has 1 N–H and O–H groups in total. The van der Waals surface area contributed by atoms with Crippen molar-refractivity contribution in [2.24, 2.45) is 11.8 Å². The highest BCUT2D eigenvalue weighted by Crippen LogP contribution is 2.34. The molecule has 4 aromatic rings. The molecule has 0 saturated carbocycles. The monoisotopic (exact) mass is 510 g/mol. The first kappa shape index (κ1) is 23.6. The number of rotatable bonds is 7. The zero-order valence-electron chi connectivity index (χ0n) is 20.0. The average molecular weight is 510 g/mol. The molecule has 11 heteroatoms. The number of benzene rings is 2. The minimum absolute atomic E-state index is 0.0191. The Bertz CT molecular complexity index is 1460. The van der Waals surface area contributed by atoms with Crippen LogP contribution in [0, 0.1) is 23.5 Å². The molecule has 2 atom stereocenters. The number of aromatic nitrogens is 3. The predicted octanol–water partition coefficient (Wildman–Crippen LogP) is 3.91. The molecule has 2 aromatic carbocycles. The van der Waals surface area contributed by atoms with Crippen molar-refractivity contribution < 1.29 is 32.3 Å². The van der Waals surface area contributed by atoms with Crippen LogP contribution in [0.25, 0.3) is 33.6 Å². The third kappa shape index (κ3) is 4.34. The summed E-state index contributed by atoms with van der Waals surface area (Å²) in [5, 5.41) is 11.6. The highest BCUT2D eigenvalue weighted by molar-refractivity contribution is 5.95. The lowest BCUT2D eigenvalue weighted by Gasteiger charge is -2.18. The molecule has 0 aliphatic carbocycles. The van der Waals surface area contributed by atoms with Gasteiger partial charge in [-0.15, -0.1) is 0 Å². The molecule has 0 radical (unpaired) electrons. The highest BCUT2D eigenvalue weighted by Gasteiger charge is 2.39. The Kier molecular flexibility index (Phi) is 6.09. The Balaban J connectivity index is 1.22. The van der Waals surface area contributed by atoms with E-state index in [0.717, 1.165) is 0 Å². The summed E-state index contributed by atoms with van der Waals surface area (Å²) in [6, 6.07) is 8.77.